The molecule has 0 heterocycles. The summed E-state index contributed by atoms with van der Waals surface area (Å²) in [7, 11) is 0. The van der Waals surface area contributed by atoms with E-state index in [2.05, 4.69) is 0 Å². The molecule has 2 aromatic rings. The van der Waals surface area contributed by atoms with Gasteiger partial charge in [-0.1, -0.05) is 54.1 Å². The van der Waals surface area contributed by atoms with Crippen molar-refractivity contribution >= 4 is 17.4 Å². The van der Waals surface area contributed by atoms with Gasteiger partial charge in [0.2, 0.25) is 0 Å². The van der Waals surface area contributed by atoms with Crippen molar-refractivity contribution in [3.8, 4) is 0 Å². The molecule has 0 aliphatic rings. The molecule has 1 nitrogen and oxygen atoms in total. The topological polar surface area (TPSA) is 17.1 Å². The highest BCUT2D eigenvalue weighted by molar-refractivity contribution is 6.34. The fourth-order valence-corrected chi connectivity index (χ4v) is 1.80. The second-order valence-corrected chi connectivity index (χ2v) is 3.97. The number of carbonyl (C=O) groups excluding carboxylic acids is 1. The molecule has 0 saturated heterocycles. The van der Waals surface area contributed by atoms with Crippen LogP contribution >= 0.6 is 11.6 Å². The van der Waals surface area contributed by atoms with Crippen LogP contribution in [0.1, 0.15) is 15.9 Å². The van der Waals surface area contributed by atoms with Crippen molar-refractivity contribution in [1.29, 1.82) is 0 Å². The van der Waals surface area contributed by atoms with Gasteiger partial charge in [0.15, 0.2) is 5.78 Å². The molecule has 0 aromatic heterocycles. The highest BCUT2D eigenvalue weighted by Crippen LogP contribution is 2.17. The van der Waals surface area contributed by atoms with Crippen LogP contribution in [0.3, 0.4) is 0 Å². The van der Waals surface area contributed by atoms with Gasteiger partial charge in [-0.3, -0.25) is 4.79 Å². The van der Waals surface area contributed by atoms with Gasteiger partial charge in [0.05, 0.1) is 5.02 Å². The Bertz CT molecular complexity index is 491. The largest absolute Gasteiger partial charge is 0.294 e. The Morgan fingerprint density at radius 1 is 0.938 bits per heavy atom. The fraction of sp³-hybridized carbons (Fsp3) is 0.0714. The predicted octanol–water partition coefficient (Wildman–Crippen LogP) is 3.77. The molecule has 0 N–H and O–H groups in total. The Morgan fingerprint density at radius 3 is 2.25 bits per heavy atom. The Kier molecular flexibility index (Phi) is 3.37. The normalized spacial score (nSPS) is 10.1. The van der Waals surface area contributed by atoms with Gasteiger partial charge in [-0.15, -0.1) is 0 Å². The highest BCUT2D eigenvalue weighted by atomic mass is 35.5. The van der Waals surface area contributed by atoms with Gasteiger partial charge in [-0.25, -0.2) is 0 Å². The van der Waals surface area contributed by atoms with Crippen LogP contribution in [0.25, 0.3) is 0 Å². The van der Waals surface area contributed by atoms with E-state index < -0.39 is 0 Å². The molecule has 80 valence electrons. The van der Waals surface area contributed by atoms with E-state index in [0.717, 1.165) is 5.56 Å². The van der Waals surface area contributed by atoms with Crippen molar-refractivity contribution in [2.75, 3.05) is 0 Å². The summed E-state index contributed by atoms with van der Waals surface area (Å²) >= 11 is 5.96. The Balaban J connectivity index is 2.19. The third-order valence-electron chi connectivity index (χ3n) is 2.38. The number of rotatable bonds is 3. The van der Waals surface area contributed by atoms with E-state index in [4.69, 9.17) is 11.6 Å². The van der Waals surface area contributed by atoms with Gasteiger partial charge >= 0.3 is 0 Å². The number of carbonyl (C=O) groups is 1. The molecule has 0 atom stereocenters. The number of hydrogen-bond donors (Lipinski definition) is 0. The van der Waals surface area contributed by atoms with Crippen molar-refractivity contribution in [3.05, 3.63) is 70.7 Å². The Morgan fingerprint density at radius 2 is 1.56 bits per heavy atom. The quantitative estimate of drug-likeness (QED) is 0.734. The molecule has 0 spiro atoms. The van der Waals surface area contributed by atoms with Crippen LogP contribution in [0, 0.1) is 0 Å². The number of ketones is 1. The van der Waals surface area contributed by atoms with Crippen molar-refractivity contribution in [3.63, 3.8) is 0 Å². The van der Waals surface area contributed by atoms with Crippen LogP contribution in [0.4, 0.5) is 0 Å². The third kappa shape index (κ3) is 2.50. The number of benzene rings is 2. The minimum atomic E-state index is 0.0526. The first kappa shape index (κ1) is 10.9. The molecule has 0 radical (unpaired) electrons. The van der Waals surface area contributed by atoms with Crippen molar-refractivity contribution in [1.82, 2.24) is 0 Å². The molecule has 2 rings (SSSR count). The van der Waals surface area contributed by atoms with Crippen LogP contribution in [-0.4, -0.2) is 5.78 Å². The minimum absolute atomic E-state index is 0.0526. The van der Waals surface area contributed by atoms with E-state index in [1.165, 1.54) is 0 Å². The summed E-state index contributed by atoms with van der Waals surface area (Å²) < 4.78 is 0. The van der Waals surface area contributed by atoms with E-state index in [0.29, 0.717) is 17.0 Å². The lowest BCUT2D eigenvalue weighted by Gasteiger charge is -2.03. The molecule has 0 unspecified atom stereocenters. The second kappa shape index (κ2) is 4.95. The molecule has 0 saturated carbocycles. The van der Waals surface area contributed by atoms with Crippen molar-refractivity contribution in [2.24, 2.45) is 0 Å². The van der Waals surface area contributed by atoms with Gasteiger partial charge in [-0.2, -0.15) is 0 Å². The van der Waals surface area contributed by atoms with Gasteiger partial charge in [-0.05, 0) is 17.7 Å². The van der Waals surface area contributed by atoms with E-state index in [1.807, 2.05) is 42.5 Å². The molecule has 0 aliphatic carbocycles. The monoisotopic (exact) mass is 230 g/mol. The van der Waals surface area contributed by atoms with E-state index in [1.54, 1.807) is 12.1 Å². The zero-order valence-electron chi connectivity index (χ0n) is 8.69. The molecule has 16 heavy (non-hydrogen) atoms. The van der Waals surface area contributed by atoms with E-state index in [9.17, 15) is 4.79 Å². The summed E-state index contributed by atoms with van der Waals surface area (Å²) in [5.74, 6) is 0.0526. The van der Waals surface area contributed by atoms with Crippen LogP contribution in [0.2, 0.25) is 5.02 Å². The first-order chi connectivity index (χ1) is 7.77. The summed E-state index contributed by atoms with van der Waals surface area (Å²) in [4.78, 5) is 12.0. The molecular formula is C14H11ClO. The third-order valence-corrected chi connectivity index (χ3v) is 2.71. The number of halogens is 1. The molecule has 2 aromatic carbocycles. The molecule has 0 aliphatic heterocycles. The summed E-state index contributed by atoms with van der Waals surface area (Å²) in [6, 6.07) is 16.8. The maximum Gasteiger partial charge on any atom is 0.168 e. The zero-order valence-corrected chi connectivity index (χ0v) is 9.45. The first-order valence-corrected chi connectivity index (χ1v) is 5.47. The fourth-order valence-electron chi connectivity index (χ4n) is 1.56. The molecule has 0 bridgehead atoms. The average molecular weight is 231 g/mol. The van der Waals surface area contributed by atoms with Crippen LogP contribution in [0.5, 0.6) is 0 Å². The minimum Gasteiger partial charge on any atom is -0.294 e. The van der Waals surface area contributed by atoms with Crippen LogP contribution in [-0.2, 0) is 6.42 Å². The van der Waals surface area contributed by atoms with Crippen LogP contribution in [0.15, 0.2) is 54.6 Å². The van der Waals surface area contributed by atoms with Crippen molar-refractivity contribution < 1.29 is 4.79 Å². The maximum atomic E-state index is 12.0. The zero-order chi connectivity index (χ0) is 11.4. The molecule has 0 fully saturated rings. The second-order valence-electron chi connectivity index (χ2n) is 3.57. The lowest BCUT2D eigenvalue weighted by molar-refractivity contribution is 0.0993. The lowest BCUT2D eigenvalue weighted by Crippen LogP contribution is -2.03. The van der Waals surface area contributed by atoms with Gasteiger partial charge in [0.25, 0.3) is 0 Å². The van der Waals surface area contributed by atoms with E-state index >= 15 is 0 Å². The van der Waals surface area contributed by atoms with Gasteiger partial charge in [0, 0.05) is 12.0 Å². The molecular weight excluding hydrogens is 220 g/mol. The SMILES string of the molecule is O=C(Cc1ccccc1)c1ccccc1Cl. The Labute approximate surface area is 99.7 Å². The lowest BCUT2D eigenvalue weighted by atomic mass is 10.0. The highest BCUT2D eigenvalue weighted by Gasteiger charge is 2.09. The predicted molar refractivity (Wildman–Crippen MR) is 65.9 cm³/mol. The summed E-state index contributed by atoms with van der Waals surface area (Å²) in [6.07, 6.45) is 0.393. The first-order valence-electron chi connectivity index (χ1n) is 5.09. The smallest absolute Gasteiger partial charge is 0.168 e. The van der Waals surface area contributed by atoms with Gasteiger partial charge < -0.3 is 0 Å². The summed E-state index contributed by atoms with van der Waals surface area (Å²) in [5, 5.41) is 0.517. The maximum absolute atomic E-state index is 12.0. The summed E-state index contributed by atoms with van der Waals surface area (Å²) in [5.41, 5.74) is 1.60. The van der Waals surface area contributed by atoms with Crippen LogP contribution < -0.4 is 0 Å². The number of Topliss-reactive ketones (excluding diaryl/α,β-unsaturated/α-hetero) is 1. The molecule has 0 amide bonds. The average Bonchev–Trinajstić information content (AvgIpc) is 2.31. The standard InChI is InChI=1S/C14H11ClO/c15-13-9-5-4-8-12(13)14(16)10-11-6-2-1-3-7-11/h1-9H,10H2. The summed E-state index contributed by atoms with van der Waals surface area (Å²) in [6.45, 7) is 0. The van der Waals surface area contributed by atoms with Crippen molar-refractivity contribution in [2.45, 2.75) is 6.42 Å². The van der Waals surface area contributed by atoms with Gasteiger partial charge in [0.1, 0.15) is 0 Å². The molecule has 2 heteroatoms. The Hall–Kier alpha value is -1.60. The number of hydrogen-bond acceptors (Lipinski definition) is 1. The van der Waals surface area contributed by atoms with E-state index in [-0.39, 0.29) is 5.78 Å².